The molecule has 0 aromatic rings. The molecule has 0 amide bonds. The third-order valence-electron chi connectivity index (χ3n) is 0. The fourth-order valence-electron chi connectivity index (χ4n) is 0. The van der Waals surface area contributed by atoms with Gasteiger partial charge >= 0.3 is 95.1 Å². The molecule has 0 bridgehead atoms. The van der Waals surface area contributed by atoms with E-state index < -0.39 is 5.97 Å². The van der Waals surface area contributed by atoms with Gasteiger partial charge in [-0.1, -0.05) is 0 Å². The van der Waals surface area contributed by atoms with E-state index in [0.29, 0.717) is 0 Å². The van der Waals surface area contributed by atoms with Crippen LogP contribution in [0.15, 0.2) is 0 Å². The second-order valence-corrected chi connectivity index (χ2v) is 0.394. The van der Waals surface area contributed by atoms with Crippen LogP contribution in [0.5, 0.6) is 0 Å². The summed E-state index contributed by atoms with van der Waals surface area (Å²) in [7, 11) is 0. The number of carboxylic acids is 1. The van der Waals surface area contributed by atoms with Gasteiger partial charge in [-0.3, -0.25) is 4.79 Å². The molecule has 0 aromatic heterocycles. The van der Waals surface area contributed by atoms with Gasteiger partial charge in [0.05, 0.1) is 6.92 Å². The first-order valence-electron chi connectivity index (χ1n) is 0.781. The molecule has 2 nitrogen and oxygen atoms in total. The Balaban J connectivity index is -0.0000000150. The number of rotatable bonds is 0. The maximum atomic E-state index is 8.89. The van der Waals surface area contributed by atoms with Gasteiger partial charge in [0.2, 0.25) is 0 Å². The van der Waals surface area contributed by atoms with Gasteiger partial charge < -0.3 is 5.11 Å². The molecule has 0 fully saturated rings. The minimum Gasteiger partial charge on any atom is 0 e. The third kappa shape index (κ3) is 49.1. The largest absolute Gasteiger partial charge is 0 e. The van der Waals surface area contributed by atoms with E-state index in [2.05, 4.69) is 6.92 Å². The molecule has 0 saturated carbocycles. The summed E-state index contributed by atoms with van der Waals surface area (Å²) < 4.78 is 0. The van der Waals surface area contributed by atoms with Crippen molar-refractivity contribution in [2.24, 2.45) is 0 Å². The van der Waals surface area contributed by atoms with Crippen molar-refractivity contribution in [3.8, 4) is 0 Å². The predicted octanol–water partition coefficient (Wildman–Crippen LogP) is -1.66. The van der Waals surface area contributed by atoms with Crippen LogP contribution in [0.4, 0.5) is 0 Å². The molecule has 0 aliphatic carbocycles. The van der Waals surface area contributed by atoms with Crippen LogP contribution in [0, 0.1) is 6.92 Å². The summed E-state index contributed by atoms with van der Waals surface area (Å²) in [5.41, 5.74) is 0. The van der Waals surface area contributed by atoms with Crippen molar-refractivity contribution in [2.45, 2.75) is 0 Å². The molecule has 0 atom stereocenters. The van der Waals surface area contributed by atoms with Crippen LogP contribution in [0.3, 0.4) is 0 Å². The SMILES string of the molecule is [CH2]C(=O)O.[CaH2].[KH].[Zn]. The third-order valence-corrected chi connectivity index (χ3v) is 0. The molecular weight excluding hydrogens is 201 g/mol. The number of aliphatic carboxylic acids is 1. The first kappa shape index (κ1) is 22.5. The second kappa shape index (κ2) is 16.0. The molecule has 1 N–H and O–H groups in total. The van der Waals surface area contributed by atoms with Crippen LogP contribution in [0.1, 0.15) is 0 Å². The Morgan fingerprint density at radius 2 is 1.57 bits per heavy atom. The smallest absolute Gasteiger partial charge is 0 e. The van der Waals surface area contributed by atoms with Crippen molar-refractivity contribution in [1.82, 2.24) is 0 Å². The van der Waals surface area contributed by atoms with Gasteiger partial charge in [0.15, 0.2) is 0 Å². The summed E-state index contributed by atoms with van der Waals surface area (Å²) >= 11 is 0. The molecule has 1 radical (unpaired) electrons. The molecule has 0 rings (SSSR count). The van der Waals surface area contributed by atoms with Crippen LogP contribution < -0.4 is 0 Å². The van der Waals surface area contributed by atoms with E-state index in [9.17, 15) is 0 Å². The van der Waals surface area contributed by atoms with Gasteiger partial charge in [-0.15, -0.1) is 0 Å². The van der Waals surface area contributed by atoms with Crippen LogP contribution in [0.2, 0.25) is 0 Å². The first-order valence-corrected chi connectivity index (χ1v) is 0.781. The molecule has 0 spiro atoms. The average Bonchev–Trinajstić information content (AvgIpc) is 0.811. The summed E-state index contributed by atoms with van der Waals surface area (Å²) in [6.07, 6.45) is 0. The summed E-state index contributed by atoms with van der Waals surface area (Å²) in [6, 6.07) is 0. The maximum Gasteiger partial charge on any atom is 0 e. The topological polar surface area (TPSA) is 37.3 Å². The van der Waals surface area contributed by atoms with Crippen LogP contribution >= 0.6 is 0 Å². The first-order chi connectivity index (χ1) is 1.73. The van der Waals surface area contributed by atoms with Gasteiger partial charge in [-0.2, -0.15) is 0 Å². The van der Waals surface area contributed by atoms with E-state index >= 15 is 0 Å². The van der Waals surface area contributed by atoms with Crippen LogP contribution in [-0.4, -0.2) is 100 Å². The Kier molecular flexibility index (Phi) is 51.4. The fraction of sp³-hybridized carbons (Fsp3) is 0. The molecule has 0 saturated heterocycles. The van der Waals surface area contributed by atoms with E-state index in [-0.39, 0.29) is 109 Å². The predicted molar refractivity (Wildman–Crippen MR) is 28.7 cm³/mol. The molecular formula is C2H6CaKO2Zn. The van der Waals surface area contributed by atoms with Gasteiger partial charge in [-0.25, -0.2) is 0 Å². The van der Waals surface area contributed by atoms with Crippen molar-refractivity contribution in [1.29, 1.82) is 0 Å². The van der Waals surface area contributed by atoms with Gasteiger partial charge in [0, 0.05) is 19.5 Å². The zero-order valence-electron chi connectivity index (χ0n) is 2.77. The van der Waals surface area contributed by atoms with E-state index in [0.717, 1.165) is 0 Å². The van der Waals surface area contributed by atoms with Crippen LogP contribution in [0.25, 0.3) is 0 Å². The minimum atomic E-state index is -1.08. The Morgan fingerprint density at radius 1 is 1.57 bits per heavy atom. The number of carbonyl (C=O) groups is 1. The maximum absolute atomic E-state index is 8.89. The number of hydrogen-bond acceptors (Lipinski definition) is 1. The van der Waals surface area contributed by atoms with E-state index in [4.69, 9.17) is 9.90 Å². The van der Waals surface area contributed by atoms with Gasteiger partial charge in [0.1, 0.15) is 0 Å². The Bertz CT molecular complexity index is 38.7. The summed E-state index contributed by atoms with van der Waals surface area (Å²) in [5, 5.41) is 7.31. The van der Waals surface area contributed by atoms with E-state index in [1.54, 1.807) is 0 Å². The summed E-state index contributed by atoms with van der Waals surface area (Å²) in [6.45, 7) is 2.56. The molecule has 7 heavy (non-hydrogen) atoms. The summed E-state index contributed by atoms with van der Waals surface area (Å²) in [4.78, 5) is 8.89. The van der Waals surface area contributed by atoms with Crippen LogP contribution in [-0.2, 0) is 24.3 Å². The monoisotopic (exact) mass is 205 g/mol. The Labute approximate surface area is 128 Å². The zero-order valence-corrected chi connectivity index (χ0v) is 5.74. The van der Waals surface area contributed by atoms with Crippen molar-refractivity contribution in [3.05, 3.63) is 6.92 Å². The van der Waals surface area contributed by atoms with Crippen molar-refractivity contribution < 1.29 is 29.4 Å². The summed E-state index contributed by atoms with van der Waals surface area (Å²) in [5.74, 6) is -1.08. The molecule has 5 heteroatoms. The van der Waals surface area contributed by atoms with E-state index in [1.165, 1.54) is 0 Å². The van der Waals surface area contributed by atoms with Crippen molar-refractivity contribution in [3.63, 3.8) is 0 Å². The normalized spacial score (nSPS) is 3.57. The number of carboxylic acid groups (broad SMARTS) is 1. The Hall–Kier alpha value is 2.99. The van der Waals surface area contributed by atoms with Crippen molar-refractivity contribution in [2.75, 3.05) is 0 Å². The van der Waals surface area contributed by atoms with E-state index in [1.807, 2.05) is 0 Å². The van der Waals surface area contributed by atoms with Crippen molar-refractivity contribution >= 4 is 95.1 Å². The molecule has 0 unspecified atom stereocenters. The number of hydrogen-bond donors (Lipinski definition) is 1. The average molecular weight is 207 g/mol. The quantitative estimate of drug-likeness (QED) is 0.482. The molecule has 0 aliphatic rings. The molecule has 0 aliphatic heterocycles. The zero-order chi connectivity index (χ0) is 3.58. The fourth-order valence-corrected chi connectivity index (χ4v) is 0. The van der Waals surface area contributed by atoms with Gasteiger partial charge in [0.25, 0.3) is 0 Å². The minimum absolute atomic E-state index is 0. The van der Waals surface area contributed by atoms with Gasteiger partial charge in [-0.05, 0) is 0 Å². The Morgan fingerprint density at radius 3 is 1.57 bits per heavy atom. The molecule has 0 aromatic carbocycles. The standard InChI is InChI=1S/C2H3O2.Ca.K.Zn.3H/c1-2(3)4;;;;;;/h1H2,(H,3,4);;;;;;. The second-order valence-electron chi connectivity index (χ2n) is 0.394. The molecule has 31 valence electrons. The molecule has 0 heterocycles.